The Hall–Kier alpha value is -1.35. The molecule has 0 aliphatic carbocycles. The molecule has 15 heavy (non-hydrogen) atoms. The van der Waals surface area contributed by atoms with Crippen LogP contribution in [0.2, 0.25) is 0 Å². The predicted octanol–water partition coefficient (Wildman–Crippen LogP) is 2.24. The van der Waals surface area contributed by atoms with E-state index in [1.807, 2.05) is 18.2 Å². The van der Waals surface area contributed by atoms with E-state index < -0.39 is 0 Å². The highest BCUT2D eigenvalue weighted by Crippen LogP contribution is 2.17. The monoisotopic (exact) mass is 205 g/mol. The van der Waals surface area contributed by atoms with Crippen LogP contribution in [0.4, 0.5) is 0 Å². The number of carbonyl (C=O) groups is 1. The van der Waals surface area contributed by atoms with Crippen molar-refractivity contribution in [3.63, 3.8) is 0 Å². The van der Waals surface area contributed by atoms with Gasteiger partial charge in [0.1, 0.15) is 0 Å². The van der Waals surface area contributed by atoms with Crippen LogP contribution in [0, 0.1) is 0 Å². The Morgan fingerprint density at radius 3 is 2.73 bits per heavy atom. The molecule has 0 N–H and O–H groups in total. The number of hydroxylamine groups is 2. The highest BCUT2D eigenvalue weighted by atomic mass is 16.7. The molecule has 1 atom stereocenters. The van der Waals surface area contributed by atoms with Crippen LogP contribution in [-0.2, 0) is 4.84 Å². The molecule has 1 saturated heterocycles. The zero-order valence-corrected chi connectivity index (χ0v) is 8.85. The Labute approximate surface area is 89.6 Å². The average molecular weight is 205 g/mol. The van der Waals surface area contributed by atoms with E-state index in [4.69, 9.17) is 4.84 Å². The lowest BCUT2D eigenvalue weighted by Crippen LogP contribution is -2.30. The largest absolute Gasteiger partial charge is 0.364 e. The lowest BCUT2D eigenvalue weighted by molar-refractivity contribution is -0.115. The summed E-state index contributed by atoms with van der Waals surface area (Å²) < 4.78 is 0. The van der Waals surface area contributed by atoms with Crippen LogP contribution < -0.4 is 0 Å². The summed E-state index contributed by atoms with van der Waals surface area (Å²) in [6, 6.07) is 9.44. The summed E-state index contributed by atoms with van der Waals surface area (Å²) in [5.74, 6) is -0.260. The Bertz CT molecular complexity index is 337. The van der Waals surface area contributed by atoms with Gasteiger partial charge in [-0.3, -0.25) is 0 Å². The average Bonchev–Trinajstić information content (AvgIpc) is 2.66. The van der Waals surface area contributed by atoms with Crippen molar-refractivity contribution >= 4 is 5.97 Å². The molecule has 1 heterocycles. The molecule has 1 fully saturated rings. The fourth-order valence-corrected chi connectivity index (χ4v) is 1.78. The Kier molecular flexibility index (Phi) is 3.02. The summed E-state index contributed by atoms with van der Waals surface area (Å²) >= 11 is 0. The predicted molar refractivity (Wildman–Crippen MR) is 57.3 cm³/mol. The zero-order valence-electron chi connectivity index (χ0n) is 8.85. The molecule has 3 heteroatoms. The normalized spacial score (nSPS) is 21.5. The van der Waals surface area contributed by atoms with Gasteiger partial charge < -0.3 is 4.84 Å². The minimum Gasteiger partial charge on any atom is -0.364 e. The molecule has 0 amide bonds. The first-order valence-corrected chi connectivity index (χ1v) is 5.31. The molecule has 0 unspecified atom stereocenters. The van der Waals surface area contributed by atoms with Gasteiger partial charge in [-0.1, -0.05) is 18.2 Å². The van der Waals surface area contributed by atoms with Gasteiger partial charge in [0.25, 0.3) is 0 Å². The van der Waals surface area contributed by atoms with Crippen molar-refractivity contribution in [1.29, 1.82) is 0 Å². The van der Waals surface area contributed by atoms with E-state index in [9.17, 15) is 4.79 Å². The maximum atomic E-state index is 11.7. The van der Waals surface area contributed by atoms with Crippen LogP contribution >= 0.6 is 0 Å². The van der Waals surface area contributed by atoms with E-state index in [0.29, 0.717) is 11.6 Å². The third-order valence-corrected chi connectivity index (χ3v) is 2.70. The van der Waals surface area contributed by atoms with E-state index in [2.05, 4.69) is 6.92 Å². The van der Waals surface area contributed by atoms with Crippen LogP contribution in [0.3, 0.4) is 0 Å². The van der Waals surface area contributed by atoms with Gasteiger partial charge in [0.2, 0.25) is 0 Å². The Balaban J connectivity index is 1.98. The van der Waals surface area contributed by atoms with Gasteiger partial charge >= 0.3 is 5.97 Å². The van der Waals surface area contributed by atoms with E-state index >= 15 is 0 Å². The molecular weight excluding hydrogens is 190 g/mol. The van der Waals surface area contributed by atoms with Crippen molar-refractivity contribution in [3.05, 3.63) is 35.9 Å². The third-order valence-electron chi connectivity index (χ3n) is 2.70. The lowest BCUT2D eigenvalue weighted by atomic mass is 10.2. The first kappa shape index (κ1) is 10.2. The summed E-state index contributed by atoms with van der Waals surface area (Å²) in [5.41, 5.74) is 0.608. The third kappa shape index (κ3) is 2.36. The van der Waals surface area contributed by atoms with E-state index in [0.717, 1.165) is 19.4 Å². The number of hydrogen-bond acceptors (Lipinski definition) is 3. The smallest absolute Gasteiger partial charge is 0.357 e. The quantitative estimate of drug-likeness (QED) is 0.741. The molecule has 2 rings (SSSR count). The Morgan fingerprint density at radius 1 is 1.40 bits per heavy atom. The van der Waals surface area contributed by atoms with Crippen LogP contribution in [0.15, 0.2) is 30.3 Å². The molecule has 0 saturated carbocycles. The number of nitrogens with zero attached hydrogens (tertiary/aromatic N) is 1. The fraction of sp³-hybridized carbons (Fsp3) is 0.417. The van der Waals surface area contributed by atoms with Crippen LogP contribution in [0.25, 0.3) is 0 Å². The second-order valence-corrected chi connectivity index (χ2v) is 3.88. The molecular formula is C12H15NO2. The number of benzene rings is 1. The maximum absolute atomic E-state index is 11.7. The highest BCUT2D eigenvalue weighted by Gasteiger charge is 2.24. The van der Waals surface area contributed by atoms with Gasteiger partial charge in [0, 0.05) is 12.6 Å². The second kappa shape index (κ2) is 4.45. The van der Waals surface area contributed by atoms with Gasteiger partial charge in [0.05, 0.1) is 5.56 Å². The summed E-state index contributed by atoms with van der Waals surface area (Å²) in [6.07, 6.45) is 2.20. The molecule has 0 bridgehead atoms. The first-order chi connectivity index (χ1) is 7.27. The molecule has 0 radical (unpaired) electrons. The molecule has 1 aliphatic rings. The van der Waals surface area contributed by atoms with E-state index in [1.54, 1.807) is 17.2 Å². The van der Waals surface area contributed by atoms with Crippen molar-refractivity contribution in [2.45, 2.75) is 25.8 Å². The second-order valence-electron chi connectivity index (χ2n) is 3.88. The summed E-state index contributed by atoms with van der Waals surface area (Å²) in [6.45, 7) is 2.92. The van der Waals surface area contributed by atoms with Crippen LogP contribution in [0.5, 0.6) is 0 Å². The van der Waals surface area contributed by atoms with E-state index in [1.165, 1.54) is 0 Å². The minimum absolute atomic E-state index is 0.260. The topological polar surface area (TPSA) is 29.5 Å². The number of carbonyl (C=O) groups excluding carboxylic acids is 1. The van der Waals surface area contributed by atoms with Gasteiger partial charge in [-0.2, -0.15) is 0 Å². The zero-order chi connectivity index (χ0) is 10.7. The molecule has 0 spiro atoms. The van der Waals surface area contributed by atoms with Crippen molar-refractivity contribution in [1.82, 2.24) is 5.06 Å². The molecule has 1 aliphatic heterocycles. The van der Waals surface area contributed by atoms with Gasteiger partial charge in [0.15, 0.2) is 0 Å². The van der Waals surface area contributed by atoms with Crippen LogP contribution in [0.1, 0.15) is 30.1 Å². The van der Waals surface area contributed by atoms with Gasteiger partial charge in [-0.25, -0.2) is 4.79 Å². The van der Waals surface area contributed by atoms with Crippen molar-refractivity contribution < 1.29 is 9.63 Å². The highest BCUT2D eigenvalue weighted by molar-refractivity contribution is 5.89. The van der Waals surface area contributed by atoms with E-state index in [-0.39, 0.29) is 5.97 Å². The number of rotatable bonds is 2. The summed E-state index contributed by atoms with van der Waals surface area (Å²) in [7, 11) is 0. The van der Waals surface area contributed by atoms with Crippen molar-refractivity contribution in [2.75, 3.05) is 6.54 Å². The summed E-state index contributed by atoms with van der Waals surface area (Å²) in [4.78, 5) is 17.0. The molecule has 1 aromatic carbocycles. The Morgan fingerprint density at radius 2 is 2.13 bits per heavy atom. The van der Waals surface area contributed by atoms with Crippen molar-refractivity contribution in [3.8, 4) is 0 Å². The maximum Gasteiger partial charge on any atom is 0.357 e. The molecule has 80 valence electrons. The number of hydrogen-bond donors (Lipinski definition) is 0. The summed E-state index contributed by atoms with van der Waals surface area (Å²) in [5, 5.41) is 1.77. The minimum atomic E-state index is -0.260. The van der Waals surface area contributed by atoms with Crippen molar-refractivity contribution in [2.24, 2.45) is 0 Å². The molecule has 0 aromatic heterocycles. The van der Waals surface area contributed by atoms with Gasteiger partial charge in [-0.15, -0.1) is 5.06 Å². The molecule has 3 nitrogen and oxygen atoms in total. The standard InChI is InChI=1S/C12H15NO2/c1-10-6-5-9-13(10)15-12(14)11-7-3-2-4-8-11/h2-4,7-8,10H,5-6,9H2,1H3/t10-/m1/s1. The fourth-order valence-electron chi connectivity index (χ4n) is 1.78. The van der Waals surface area contributed by atoms with Gasteiger partial charge in [-0.05, 0) is 31.9 Å². The molecule has 1 aromatic rings. The SMILES string of the molecule is C[C@@H]1CCCN1OC(=O)c1ccccc1. The van der Waals surface area contributed by atoms with Crippen LogP contribution in [-0.4, -0.2) is 23.6 Å². The lowest BCUT2D eigenvalue weighted by Gasteiger charge is -2.19. The first-order valence-electron chi connectivity index (χ1n) is 5.31.